The highest BCUT2D eigenvalue weighted by molar-refractivity contribution is 5.78. The molecule has 0 fully saturated rings. The molecule has 0 atom stereocenters. The number of benzene rings is 2. The number of hydrogen-bond acceptors (Lipinski definition) is 4. The van der Waals surface area contributed by atoms with Crippen LogP contribution in [0.4, 0.5) is 4.79 Å². The predicted octanol–water partition coefficient (Wildman–Crippen LogP) is 2.68. The Bertz CT molecular complexity index is 875. The molecule has 0 aromatic heterocycles. The Balaban J connectivity index is 1.86. The fraction of sp³-hybridized carbons (Fsp3) is 0.375. The SMILES string of the molecule is CN(C)CCN(Cc1ccc(C#N)cc1)C(=O)CCNC(=O)N(C)Cc1ccccc1. The number of likely N-dealkylation sites (N-methyl/N-ethyl adjacent to an activating group) is 1. The van der Waals surface area contributed by atoms with E-state index in [0.29, 0.717) is 25.2 Å². The number of nitrogens with one attached hydrogen (secondary N) is 1. The van der Waals surface area contributed by atoms with Gasteiger partial charge in [0.2, 0.25) is 5.91 Å². The van der Waals surface area contributed by atoms with Crippen LogP contribution in [-0.2, 0) is 17.9 Å². The largest absolute Gasteiger partial charge is 0.337 e. The average molecular weight is 422 g/mol. The molecule has 3 amide bonds. The van der Waals surface area contributed by atoms with Crippen molar-refractivity contribution in [2.45, 2.75) is 19.5 Å². The van der Waals surface area contributed by atoms with Gasteiger partial charge in [0.15, 0.2) is 0 Å². The molecule has 0 unspecified atom stereocenters. The molecule has 0 saturated carbocycles. The van der Waals surface area contributed by atoms with Crippen LogP contribution < -0.4 is 5.32 Å². The Morgan fingerprint density at radius 2 is 1.55 bits per heavy atom. The van der Waals surface area contributed by atoms with Gasteiger partial charge in [-0.2, -0.15) is 5.26 Å². The van der Waals surface area contributed by atoms with E-state index in [4.69, 9.17) is 5.26 Å². The number of nitriles is 1. The third-order valence-electron chi connectivity index (χ3n) is 4.85. The molecule has 1 N–H and O–H groups in total. The van der Waals surface area contributed by atoms with Gasteiger partial charge < -0.3 is 20.0 Å². The second-order valence-electron chi connectivity index (χ2n) is 7.75. The second-order valence-corrected chi connectivity index (χ2v) is 7.75. The highest BCUT2D eigenvalue weighted by atomic mass is 16.2. The van der Waals surface area contributed by atoms with E-state index in [1.54, 1.807) is 29.0 Å². The molecule has 2 aromatic carbocycles. The van der Waals surface area contributed by atoms with Crippen LogP contribution in [0.25, 0.3) is 0 Å². The highest BCUT2D eigenvalue weighted by Crippen LogP contribution is 2.09. The molecule has 31 heavy (non-hydrogen) atoms. The Morgan fingerprint density at radius 1 is 0.903 bits per heavy atom. The molecule has 0 heterocycles. The van der Waals surface area contributed by atoms with E-state index in [0.717, 1.165) is 17.7 Å². The summed E-state index contributed by atoms with van der Waals surface area (Å²) in [5.74, 6) is -0.0165. The summed E-state index contributed by atoms with van der Waals surface area (Å²) < 4.78 is 0. The Hall–Kier alpha value is -3.37. The summed E-state index contributed by atoms with van der Waals surface area (Å²) in [7, 11) is 5.67. The van der Waals surface area contributed by atoms with Crippen molar-refractivity contribution in [3.8, 4) is 6.07 Å². The maximum absolute atomic E-state index is 12.8. The number of hydrogen-bond donors (Lipinski definition) is 1. The molecule has 0 aliphatic heterocycles. The van der Waals surface area contributed by atoms with Crippen LogP contribution in [-0.4, -0.2) is 67.4 Å². The molecule has 0 aliphatic carbocycles. The summed E-state index contributed by atoms with van der Waals surface area (Å²) in [6, 6.07) is 18.9. The normalized spacial score (nSPS) is 10.4. The number of rotatable bonds is 10. The molecule has 0 bridgehead atoms. The van der Waals surface area contributed by atoms with Gasteiger partial charge in [-0.25, -0.2) is 4.79 Å². The molecule has 0 spiro atoms. The standard InChI is InChI=1S/C24H31N5O2/c1-27(2)15-16-29(19-22-11-9-20(17-25)10-12-22)23(30)13-14-26-24(31)28(3)18-21-7-5-4-6-8-21/h4-12H,13-16,18-19H2,1-3H3,(H,26,31). The molecular formula is C24H31N5O2. The maximum Gasteiger partial charge on any atom is 0.317 e. The van der Waals surface area contributed by atoms with Crippen LogP contribution in [0.3, 0.4) is 0 Å². The maximum atomic E-state index is 12.8. The van der Waals surface area contributed by atoms with Gasteiger partial charge in [0.1, 0.15) is 0 Å². The summed E-state index contributed by atoms with van der Waals surface area (Å²) in [5, 5.41) is 11.8. The van der Waals surface area contributed by atoms with E-state index < -0.39 is 0 Å². The Labute approximate surface area is 184 Å². The van der Waals surface area contributed by atoms with Crippen LogP contribution in [0.2, 0.25) is 0 Å². The smallest absolute Gasteiger partial charge is 0.317 e. The number of amides is 3. The van der Waals surface area contributed by atoms with Crippen molar-refractivity contribution >= 4 is 11.9 Å². The van der Waals surface area contributed by atoms with E-state index >= 15 is 0 Å². The third-order valence-corrected chi connectivity index (χ3v) is 4.85. The van der Waals surface area contributed by atoms with E-state index in [1.165, 1.54) is 0 Å². The van der Waals surface area contributed by atoms with Crippen molar-refractivity contribution in [3.05, 3.63) is 71.3 Å². The minimum Gasteiger partial charge on any atom is -0.337 e. The number of carbonyl (C=O) groups excluding carboxylic acids is 2. The first-order chi connectivity index (χ1) is 14.9. The minimum absolute atomic E-state index is 0.0165. The van der Waals surface area contributed by atoms with Gasteiger partial charge >= 0.3 is 6.03 Å². The molecular weight excluding hydrogens is 390 g/mol. The van der Waals surface area contributed by atoms with Crippen molar-refractivity contribution in [2.75, 3.05) is 40.8 Å². The molecule has 2 aromatic rings. The van der Waals surface area contributed by atoms with Crippen molar-refractivity contribution in [2.24, 2.45) is 0 Å². The van der Waals surface area contributed by atoms with Crippen molar-refractivity contribution in [1.29, 1.82) is 5.26 Å². The molecule has 7 heteroatoms. The second kappa shape index (κ2) is 12.4. The quantitative estimate of drug-likeness (QED) is 0.640. The summed E-state index contributed by atoms with van der Waals surface area (Å²) >= 11 is 0. The van der Waals surface area contributed by atoms with Crippen LogP contribution in [0, 0.1) is 11.3 Å². The Morgan fingerprint density at radius 3 is 2.16 bits per heavy atom. The summed E-state index contributed by atoms with van der Waals surface area (Å²) in [5.41, 5.74) is 2.61. The van der Waals surface area contributed by atoms with E-state index in [9.17, 15) is 9.59 Å². The molecule has 0 saturated heterocycles. The zero-order valence-corrected chi connectivity index (χ0v) is 18.5. The Kier molecular flexibility index (Phi) is 9.53. The van der Waals surface area contributed by atoms with Crippen LogP contribution >= 0.6 is 0 Å². The number of urea groups is 1. The van der Waals surface area contributed by atoms with E-state index in [2.05, 4.69) is 11.4 Å². The molecule has 2 rings (SSSR count). The molecule has 164 valence electrons. The lowest BCUT2D eigenvalue weighted by atomic mass is 10.1. The highest BCUT2D eigenvalue weighted by Gasteiger charge is 2.15. The average Bonchev–Trinajstić information content (AvgIpc) is 2.77. The molecule has 7 nitrogen and oxygen atoms in total. The third kappa shape index (κ3) is 8.49. The summed E-state index contributed by atoms with van der Waals surface area (Å²) in [6.07, 6.45) is 0.231. The van der Waals surface area contributed by atoms with Crippen LogP contribution in [0.15, 0.2) is 54.6 Å². The summed E-state index contributed by atoms with van der Waals surface area (Å²) in [6.45, 7) is 2.60. The zero-order chi connectivity index (χ0) is 22.6. The first-order valence-electron chi connectivity index (χ1n) is 10.3. The van der Waals surface area contributed by atoms with Gasteiger partial charge in [-0.15, -0.1) is 0 Å². The topological polar surface area (TPSA) is 79.7 Å². The zero-order valence-electron chi connectivity index (χ0n) is 18.5. The summed E-state index contributed by atoms with van der Waals surface area (Å²) in [4.78, 5) is 30.6. The lowest BCUT2D eigenvalue weighted by Gasteiger charge is -2.25. The minimum atomic E-state index is -0.205. The van der Waals surface area contributed by atoms with Gasteiger partial charge in [-0.1, -0.05) is 42.5 Å². The van der Waals surface area contributed by atoms with Gasteiger partial charge in [0, 0.05) is 46.2 Å². The van der Waals surface area contributed by atoms with E-state index in [1.807, 2.05) is 61.5 Å². The lowest BCUT2D eigenvalue weighted by molar-refractivity contribution is -0.131. The lowest BCUT2D eigenvalue weighted by Crippen LogP contribution is -2.40. The first kappa shape index (κ1) is 23.9. The van der Waals surface area contributed by atoms with E-state index in [-0.39, 0.29) is 24.9 Å². The van der Waals surface area contributed by atoms with Crippen LogP contribution in [0.1, 0.15) is 23.1 Å². The number of carbonyl (C=O) groups is 2. The van der Waals surface area contributed by atoms with Crippen molar-refractivity contribution < 1.29 is 9.59 Å². The van der Waals surface area contributed by atoms with Gasteiger partial charge in [-0.05, 0) is 37.4 Å². The fourth-order valence-electron chi connectivity index (χ4n) is 3.02. The molecule has 0 aliphatic rings. The van der Waals surface area contributed by atoms with Crippen molar-refractivity contribution in [1.82, 2.24) is 20.0 Å². The first-order valence-corrected chi connectivity index (χ1v) is 10.3. The van der Waals surface area contributed by atoms with Crippen molar-refractivity contribution in [3.63, 3.8) is 0 Å². The molecule has 0 radical (unpaired) electrons. The number of nitrogens with zero attached hydrogens (tertiary/aromatic N) is 4. The van der Waals surface area contributed by atoms with Gasteiger partial charge in [-0.3, -0.25) is 4.79 Å². The van der Waals surface area contributed by atoms with Crippen LogP contribution in [0.5, 0.6) is 0 Å². The van der Waals surface area contributed by atoms with Gasteiger partial charge in [0.05, 0.1) is 11.6 Å². The fourth-order valence-corrected chi connectivity index (χ4v) is 3.02. The van der Waals surface area contributed by atoms with Gasteiger partial charge in [0.25, 0.3) is 0 Å². The monoisotopic (exact) mass is 421 g/mol. The predicted molar refractivity (Wildman–Crippen MR) is 121 cm³/mol.